The van der Waals surface area contributed by atoms with Crippen molar-refractivity contribution in [1.82, 2.24) is 0 Å². The van der Waals surface area contributed by atoms with Gasteiger partial charge in [-0.3, -0.25) is 0 Å². The Labute approximate surface area is 108 Å². The maximum atomic E-state index is 12.0. The number of nitrogens with two attached hydrogens (primary N) is 1. The van der Waals surface area contributed by atoms with Crippen molar-refractivity contribution in [1.29, 1.82) is 0 Å². The first-order valence-electron chi connectivity index (χ1n) is 6.28. The van der Waals surface area contributed by atoms with Gasteiger partial charge < -0.3 is 10.5 Å². The van der Waals surface area contributed by atoms with E-state index in [2.05, 4.69) is 0 Å². The van der Waals surface area contributed by atoms with E-state index in [4.69, 9.17) is 10.5 Å². The van der Waals surface area contributed by atoms with Crippen LogP contribution in [0.1, 0.15) is 26.2 Å². The molecule has 0 amide bonds. The van der Waals surface area contributed by atoms with Gasteiger partial charge in [0.1, 0.15) is 16.7 Å². The second-order valence-corrected chi connectivity index (χ2v) is 6.85. The molecule has 0 heterocycles. The van der Waals surface area contributed by atoms with Gasteiger partial charge in [-0.2, -0.15) is 0 Å². The minimum Gasteiger partial charge on any atom is -0.487 e. The van der Waals surface area contributed by atoms with Crippen LogP contribution in [0.2, 0.25) is 0 Å². The number of ether oxygens (including phenoxy) is 1. The van der Waals surface area contributed by atoms with Gasteiger partial charge in [0.25, 0.3) is 0 Å². The molecule has 18 heavy (non-hydrogen) atoms. The van der Waals surface area contributed by atoms with E-state index in [9.17, 15) is 8.42 Å². The highest BCUT2D eigenvalue weighted by Gasteiger charge is 2.27. The van der Waals surface area contributed by atoms with Crippen LogP contribution in [-0.2, 0) is 9.84 Å². The third-order valence-corrected chi connectivity index (χ3v) is 5.11. The van der Waals surface area contributed by atoms with Crippen molar-refractivity contribution in [2.45, 2.75) is 43.2 Å². The molecule has 2 unspecified atom stereocenters. The number of rotatable bonds is 4. The number of benzene rings is 1. The molecule has 2 N–H and O–H groups in total. The standard InChI is InChI=1S/C13H19NO3S/c1-2-18(15,16)13-9-4-3-7-12(13)17-11-8-5-6-10(11)14/h3-4,7,9-11H,2,5-6,8,14H2,1H3. The fourth-order valence-electron chi connectivity index (χ4n) is 2.22. The number of para-hydroxylation sites is 1. The molecule has 5 heteroatoms. The van der Waals surface area contributed by atoms with Crippen LogP contribution in [0.4, 0.5) is 0 Å². The molecule has 1 saturated carbocycles. The number of sulfone groups is 1. The lowest BCUT2D eigenvalue weighted by atomic mass is 10.2. The summed E-state index contributed by atoms with van der Waals surface area (Å²) < 4.78 is 29.7. The van der Waals surface area contributed by atoms with E-state index < -0.39 is 9.84 Å². The Morgan fingerprint density at radius 1 is 1.33 bits per heavy atom. The second kappa shape index (κ2) is 5.28. The molecule has 0 saturated heterocycles. The van der Waals surface area contributed by atoms with Gasteiger partial charge in [-0.1, -0.05) is 19.1 Å². The van der Waals surface area contributed by atoms with Gasteiger partial charge >= 0.3 is 0 Å². The summed E-state index contributed by atoms with van der Waals surface area (Å²) in [5.41, 5.74) is 5.94. The van der Waals surface area contributed by atoms with Crippen LogP contribution in [0.3, 0.4) is 0 Å². The van der Waals surface area contributed by atoms with Gasteiger partial charge in [0.15, 0.2) is 9.84 Å². The molecule has 0 aromatic heterocycles. The third kappa shape index (κ3) is 2.67. The Hall–Kier alpha value is -1.07. The van der Waals surface area contributed by atoms with E-state index in [1.54, 1.807) is 31.2 Å². The monoisotopic (exact) mass is 269 g/mol. The lowest BCUT2D eigenvalue weighted by Crippen LogP contribution is -2.34. The van der Waals surface area contributed by atoms with Crippen molar-refractivity contribution in [2.24, 2.45) is 5.73 Å². The maximum absolute atomic E-state index is 12.0. The highest BCUT2D eigenvalue weighted by molar-refractivity contribution is 7.91. The zero-order chi connectivity index (χ0) is 13.2. The van der Waals surface area contributed by atoms with Crippen molar-refractivity contribution >= 4 is 9.84 Å². The lowest BCUT2D eigenvalue weighted by Gasteiger charge is -2.19. The average molecular weight is 269 g/mol. The van der Waals surface area contributed by atoms with E-state index in [0.29, 0.717) is 5.75 Å². The summed E-state index contributed by atoms with van der Waals surface area (Å²) in [4.78, 5) is 0.270. The Morgan fingerprint density at radius 3 is 2.67 bits per heavy atom. The first-order chi connectivity index (χ1) is 8.54. The minimum atomic E-state index is -3.25. The first kappa shape index (κ1) is 13.4. The zero-order valence-electron chi connectivity index (χ0n) is 10.5. The predicted molar refractivity (Wildman–Crippen MR) is 70.4 cm³/mol. The Kier molecular flexibility index (Phi) is 3.92. The first-order valence-corrected chi connectivity index (χ1v) is 7.94. The van der Waals surface area contributed by atoms with Crippen LogP contribution in [0.25, 0.3) is 0 Å². The summed E-state index contributed by atoms with van der Waals surface area (Å²) in [5.74, 6) is 0.506. The summed E-state index contributed by atoms with van der Waals surface area (Å²) in [6.07, 6.45) is 2.79. The van der Waals surface area contributed by atoms with Gasteiger partial charge in [0, 0.05) is 6.04 Å². The van der Waals surface area contributed by atoms with Crippen molar-refractivity contribution in [3.8, 4) is 5.75 Å². The van der Waals surface area contributed by atoms with Crippen molar-refractivity contribution in [3.05, 3.63) is 24.3 Å². The molecule has 0 bridgehead atoms. The Morgan fingerprint density at radius 2 is 2.06 bits per heavy atom. The van der Waals surface area contributed by atoms with Gasteiger partial charge in [0.05, 0.1) is 5.75 Å². The molecular formula is C13H19NO3S. The smallest absolute Gasteiger partial charge is 0.181 e. The van der Waals surface area contributed by atoms with E-state index in [1.807, 2.05) is 0 Å². The quantitative estimate of drug-likeness (QED) is 0.904. The molecule has 100 valence electrons. The average Bonchev–Trinajstić information content (AvgIpc) is 2.76. The normalized spacial score (nSPS) is 24.1. The van der Waals surface area contributed by atoms with Crippen LogP contribution < -0.4 is 10.5 Å². The van der Waals surface area contributed by atoms with Crippen LogP contribution in [0, 0.1) is 0 Å². The van der Waals surface area contributed by atoms with E-state index in [1.165, 1.54) is 0 Å². The molecule has 0 radical (unpaired) electrons. The molecule has 4 nitrogen and oxygen atoms in total. The molecule has 2 rings (SSSR count). The lowest BCUT2D eigenvalue weighted by molar-refractivity contribution is 0.186. The van der Waals surface area contributed by atoms with E-state index in [0.717, 1.165) is 19.3 Å². The SMILES string of the molecule is CCS(=O)(=O)c1ccccc1OC1CCCC1N. The topological polar surface area (TPSA) is 69.4 Å². The number of hydrogen-bond acceptors (Lipinski definition) is 4. The van der Waals surface area contributed by atoms with E-state index >= 15 is 0 Å². The van der Waals surface area contributed by atoms with Gasteiger partial charge in [-0.05, 0) is 31.4 Å². The summed E-state index contributed by atoms with van der Waals surface area (Å²) in [6, 6.07) is 6.79. The molecule has 1 aromatic carbocycles. The predicted octanol–water partition coefficient (Wildman–Crippen LogP) is 1.74. The highest BCUT2D eigenvalue weighted by Crippen LogP contribution is 2.29. The van der Waals surface area contributed by atoms with Crippen LogP contribution in [-0.4, -0.2) is 26.3 Å². The molecule has 1 aromatic rings. The summed E-state index contributed by atoms with van der Waals surface area (Å²) >= 11 is 0. The molecule has 2 atom stereocenters. The van der Waals surface area contributed by atoms with Crippen LogP contribution in [0.15, 0.2) is 29.2 Å². The minimum absolute atomic E-state index is 0.00221. The van der Waals surface area contributed by atoms with Gasteiger partial charge in [-0.15, -0.1) is 0 Å². The largest absolute Gasteiger partial charge is 0.487 e. The summed E-state index contributed by atoms with van der Waals surface area (Å²) in [6.45, 7) is 1.63. The third-order valence-electron chi connectivity index (χ3n) is 3.35. The Bertz CT molecular complexity index is 513. The number of hydrogen-bond donors (Lipinski definition) is 1. The van der Waals surface area contributed by atoms with Gasteiger partial charge in [-0.25, -0.2) is 8.42 Å². The molecular weight excluding hydrogens is 250 g/mol. The second-order valence-electron chi connectivity index (χ2n) is 4.60. The summed E-state index contributed by atoms with van der Waals surface area (Å²) in [5, 5.41) is 0. The van der Waals surface area contributed by atoms with Crippen molar-refractivity contribution in [3.63, 3.8) is 0 Å². The molecule has 1 aliphatic rings. The van der Waals surface area contributed by atoms with Crippen LogP contribution >= 0.6 is 0 Å². The fourth-order valence-corrected chi connectivity index (χ4v) is 3.24. The molecule has 1 fully saturated rings. The highest BCUT2D eigenvalue weighted by atomic mass is 32.2. The van der Waals surface area contributed by atoms with Crippen LogP contribution in [0.5, 0.6) is 5.75 Å². The molecule has 1 aliphatic carbocycles. The van der Waals surface area contributed by atoms with Gasteiger partial charge in [0.2, 0.25) is 0 Å². The van der Waals surface area contributed by atoms with Crippen molar-refractivity contribution < 1.29 is 13.2 Å². The zero-order valence-corrected chi connectivity index (χ0v) is 11.3. The maximum Gasteiger partial charge on any atom is 0.181 e. The molecule has 0 spiro atoms. The van der Waals surface area contributed by atoms with Crippen molar-refractivity contribution in [2.75, 3.05) is 5.75 Å². The van der Waals surface area contributed by atoms with E-state index in [-0.39, 0.29) is 22.8 Å². The Balaban J connectivity index is 2.28. The summed E-state index contributed by atoms with van der Waals surface area (Å²) in [7, 11) is -3.25. The molecule has 0 aliphatic heterocycles. The fraction of sp³-hybridized carbons (Fsp3) is 0.538.